The Balaban J connectivity index is 2.16. The molecule has 0 radical (unpaired) electrons. The quantitative estimate of drug-likeness (QED) is 0.506. The summed E-state index contributed by atoms with van der Waals surface area (Å²) in [7, 11) is 1.38. The van der Waals surface area contributed by atoms with Crippen LogP contribution < -0.4 is 5.32 Å². The van der Waals surface area contributed by atoms with Crippen molar-refractivity contribution < 1.29 is 29.2 Å². The molecule has 0 aromatic carbocycles. The summed E-state index contributed by atoms with van der Waals surface area (Å²) in [4.78, 5) is 11.0. The van der Waals surface area contributed by atoms with Crippen molar-refractivity contribution in [2.24, 2.45) is 0 Å². The molecule has 2 fully saturated rings. The van der Waals surface area contributed by atoms with Crippen LogP contribution in [0.15, 0.2) is 0 Å². The summed E-state index contributed by atoms with van der Waals surface area (Å²) in [6.07, 6.45) is -3.85. The summed E-state index contributed by atoms with van der Waals surface area (Å²) in [5.74, 6) is 0. The highest BCUT2D eigenvalue weighted by Crippen LogP contribution is 2.27. The van der Waals surface area contributed by atoms with Gasteiger partial charge in [0.2, 0.25) is 0 Å². The molecule has 2 aliphatic rings. The number of carbonyl (C=O) groups is 1. The fourth-order valence-electron chi connectivity index (χ4n) is 1.88. The van der Waals surface area contributed by atoms with Crippen LogP contribution in [0.5, 0.6) is 0 Å². The van der Waals surface area contributed by atoms with Crippen molar-refractivity contribution in [1.82, 2.24) is 5.32 Å². The molecule has 2 heterocycles. The molecule has 2 rings (SSSR count). The predicted molar refractivity (Wildman–Crippen MR) is 46.0 cm³/mol. The minimum atomic E-state index is -1.01. The molecule has 2 aliphatic heterocycles. The molecule has 1 amide bonds. The van der Waals surface area contributed by atoms with Crippen LogP contribution in [0.4, 0.5) is 4.79 Å². The maximum absolute atomic E-state index is 11.0. The van der Waals surface area contributed by atoms with Crippen molar-refractivity contribution in [3.05, 3.63) is 0 Å². The van der Waals surface area contributed by atoms with Gasteiger partial charge in [-0.05, 0) is 0 Å². The molecule has 7 nitrogen and oxygen atoms in total. The summed E-state index contributed by atoms with van der Waals surface area (Å²) in [6, 6.07) is -0.603. The van der Waals surface area contributed by atoms with Gasteiger partial charge in [-0.1, -0.05) is 0 Å². The van der Waals surface area contributed by atoms with Gasteiger partial charge in [0.15, 0.2) is 12.4 Å². The number of nitrogens with one attached hydrogen (secondary N) is 1. The number of ether oxygens (including phenoxy) is 3. The van der Waals surface area contributed by atoms with Crippen LogP contribution in [0.1, 0.15) is 0 Å². The Labute approximate surface area is 85.9 Å². The second-order valence-corrected chi connectivity index (χ2v) is 3.49. The average molecular weight is 219 g/mol. The summed E-state index contributed by atoms with van der Waals surface area (Å²) in [5, 5.41) is 21.2. The highest BCUT2D eigenvalue weighted by atomic mass is 16.7. The first-order chi connectivity index (χ1) is 7.17. The molecule has 0 aliphatic carbocycles. The molecule has 0 aromatic heterocycles. The fourth-order valence-corrected chi connectivity index (χ4v) is 1.88. The third-order valence-corrected chi connectivity index (χ3v) is 2.62. The standard InChI is InChI=1S/C8H13NO6/c1-13-7-5(11)4-6(3(2-10)14-7)15-8(12)9-4/h3-7,10-11H,2H2,1H3,(H,9,12). The minimum absolute atomic E-state index is 0.303. The van der Waals surface area contributed by atoms with Crippen molar-refractivity contribution in [3.8, 4) is 0 Å². The van der Waals surface area contributed by atoms with E-state index in [0.29, 0.717) is 0 Å². The molecule has 0 aromatic rings. The second kappa shape index (κ2) is 3.93. The zero-order valence-corrected chi connectivity index (χ0v) is 8.12. The Hall–Kier alpha value is -0.890. The van der Waals surface area contributed by atoms with Gasteiger partial charge in [-0.3, -0.25) is 0 Å². The molecule has 7 heteroatoms. The number of aliphatic hydroxyl groups excluding tert-OH is 2. The first-order valence-electron chi connectivity index (χ1n) is 4.61. The van der Waals surface area contributed by atoms with Gasteiger partial charge in [0.05, 0.1) is 6.61 Å². The second-order valence-electron chi connectivity index (χ2n) is 3.49. The number of alkyl carbamates (subject to hydrolysis) is 1. The maximum Gasteiger partial charge on any atom is 0.408 e. The molecular formula is C8H13NO6. The smallest absolute Gasteiger partial charge is 0.408 e. The predicted octanol–water partition coefficient (Wildman–Crippen LogP) is -1.81. The largest absolute Gasteiger partial charge is 0.441 e. The van der Waals surface area contributed by atoms with Crippen LogP contribution in [0.25, 0.3) is 0 Å². The molecule has 2 saturated heterocycles. The fraction of sp³-hybridized carbons (Fsp3) is 0.875. The average Bonchev–Trinajstić information content (AvgIpc) is 2.61. The van der Waals surface area contributed by atoms with Crippen LogP contribution >= 0.6 is 0 Å². The molecular weight excluding hydrogens is 206 g/mol. The Morgan fingerprint density at radius 3 is 2.93 bits per heavy atom. The number of aliphatic hydroxyl groups is 2. The zero-order valence-electron chi connectivity index (χ0n) is 8.12. The van der Waals surface area contributed by atoms with Gasteiger partial charge >= 0.3 is 6.09 Å². The lowest BCUT2D eigenvalue weighted by Crippen LogP contribution is -2.60. The van der Waals surface area contributed by atoms with Crippen LogP contribution in [-0.4, -0.2) is 60.7 Å². The van der Waals surface area contributed by atoms with E-state index in [4.69, 9.17) is 19.3 Å². The van der Waals surface area contributed by atoms with Gasteiger partial charge in [-0.15, -0.1) is 0 Å². The van der Waals surface area contributed by atoms with E-state index in [1.54, 1.807) is 0 Å². The lowest BCUT2D eigenvalue weighted by molar-refractivity contribution is -0.261. The first-order valence-corrected chi connectivity index (χ1v) is 4.61. The van der Waals surface area contributed by atoms with E-state index < -0.39 is 36.7 Å². The van der Waals surface area contributed by atoms with E-state index in [2.05, 4.69) is 5.32 Å². The molecule has 0 spiro atoms. The van der Waals surface area contributed by atoms with Crippen LogP contribution in [0.3, 0.4) is 0 Å². The number of rotatable bonds is 2. The first kappa shape index (κ1) is 10.6. The van der Waals surface area contributed by atoms with Crippen LogP contribution in [0, 0.1) is 0 Å². The Morgan fingerprint density at radius 2 is 2.33 bits per heavy atom. The van der Waals surface area contributed by atoms with Gasteiger partial charge in [0.1, 0.15) is 18.2 Å². The normalized spacial score (nSPS) is 44.5. The minimum Gasteiger partial charge on any atom is -0.441 e. The van der Waals surface area contributed by atoms with E-state index in [-0.39, 0.29) is 6.61 Å². The lowest BCUT2D eigenvalue weighted by Gasteiger charge is -2.38. The van der Waals surface area contributed by atoms with Crippen molar-refractivity contribution in [3.63, 3.8) is 0 Å². The Bertz CT molecular complexity index is 260. The van der Waals surface area contributed by atoms with Crippen LogP contribution in [0.2, 0.25) is 0 Å². The highest BCUT2D eigenvalue weighted by molar-refractivity contribution is 5.70. The van der Waals surface area contributed by atoms with Crippen molar-refractivity contribution in [2.45, 2.75) is 30.6 Å². The van der Waals surface area contributed by atoms with Crippen LogP contribution in [-0.2, 0) is 14.2 Å². The summed E-state index contributed by atoms with van der Waals surface area (Å²) in [5.41, 5.74) is 0. The van der Waals surface area contributed by atoms with Gasteiger partial charge in [-0.2, -0.15) is 0 Å². The van der Waals surface area contributed by atoms with E-state index in [9.17, 15) is 9.90 Å². The molecule has 0 bridgehead atoms. The third kappa shape index (κ3) is 1.67. The number of fused-ring (bicyclic) bond motifs is 1. The topological polar surface area (TPSA) is 97.3 Å². The number of hydrogen-bond acceptors (Lipinski definition) is 6. The molecule has 0 saturated carbocycles. The van der Waals surface area contributed by atoms with Gasteiger partial charge in [-0.25, -0.2) is 4.79 Å². The van der Waals surface area contributed by atoms with E-state index in [1.807, 2.05) is 0 Å². The number of amides is 1. The molecule has 5 unspecified atom stereocenters. The lowest BCUT2D eigenvalue weighted by atomic mass is 9.97. The van der Waals surface area contributed by atoms with E-state index >= 15 is 0 Å². The van der Waals surface area contributed by atoms with Gasteiger partial charge in [0.25, 0.3) is 0 Å². The Morgan fingerprint density at radius 1 is 1.60 bits per heavy atom. The van der Waals surface area contributed by atoms with Crippen molar-refractivity contribution in [1.29, 1.82) is 0 Å². The van der Waals surface area contributed by atoms with E-state index in [0.717, 1.165) is 0 Å². The zero-order chi connectivity index (χ0) is 11.0. The SMILES string of the molecule is COC1OC(CO)C2OC(=O)NC2C1O. The summed E-state index contributed by atoms with van der Waals surface area (Å²) in [6.45, 7) is -0.303. The van der Waals surface area contributed by atoms with Crippen molar-refractivity contribution in [2.75, 3.05) is 13.7 Å². The number of methoxy groups -OCH3 is 1. The number of hydrogen-bond donors (Lipinski definition) is 3. The third-order valence-electron chi connectivity index (χ3n) is 2.62. The van der Waals surface area contributed by atoms with Gasteiger partial charge < -0.3 is 29.7 Å². The Kier molecular flexibility index (Phi) is 2.79. The maximum atomic E-state index is 11.0. The summed E-state index contributed by atoms with van der Waals surface area (Å²) >= 11 is 0. The highest BCUT2D eigenvalue weighted by Gasteiger charge is 2.51. The van der Waals surface area contributed by atoms with Crippen molar-refractivity contribution >= 4 is 6.09 Å². The van der Waals surface area contributed by atoms with E-state index in [1.165, 1.54) is 7.11 Å². The molecule has 15 heavy (non-hydrogen) atoms. The molecule has 5 atom stereocenters. The monoisotopic (exact) mass is 219 g/mol. The van der Waals surface area contributed by atoms with Gasteiger partial charge in [0, 0.05) is 7.11 Å². The summed E-state index contributed by atoms with van der Waals surface area (Å²) < 4.78 is 15.0. The molecule has 86 valence electrons. The molecule has 3 N–H and O–H groups in total. The number of carbonyl (C=O) groups excluding carboxylic acids is 1.